The Hall–Kier alpha value is -3.02. The lowest BCUT2D eigenvalue weighted by atomic mass is 10.0. The second-order valence-electron chi connectivity index (χ2n) is 5.51. The Kier molecular flexibility index (Phi) is 3.15. The maximum absolute atomic E-state index is 13.2. The highest BCUT2D eigenvalue weighted by Crippen LogP contribution is 2.31. The van der Waals surface area contributed by atoms with E-state index >= 15 is 0 Å². The molecular weight excluding hydrogens is 293 g/mol. The van der Waals surface area contributed by atoms with Crippen LogP contribution in [0.15, 0.2) is 54.6 Å². The SMILES string of the molecule is Cc1ccc(C2=C[C@@H](c3ccc(F)cc3)n3nnnc3N2)cc1. The molecule has 0 spiro atoms. The first kappa shape index (κ1) is 13.6. The number of allylic oxidation sites excluding steroid dienone is 1. The molecule has 23 heavy (non-hydrogen) atoms. The van der Waals surface area contributed by atoms with Crippen LogP contribution in [0.4, 0.5) is 10.3 Å². The number of nitrogens with zero attached hydrogens (tertiary/aromatic N) is 4. The molecule has 0 bridgehead atoms. The monoisotopic (exact) mass is 307 g/mol. The number of benzene rings is 2. The van der Waals surface area contributed by atoms with E-state index in [4.69, 9.17) is 0 Å². The third-order valence-corrected chi connectivity index (χ3v) is 3.90. The molecule has 0 unspecified atom stereocenters. The van der Waals surface area contributed by atoms with Gasteiger partial charge in [-0.05, 0) is 46.7 Å². The number of rotatable bonds is 2. The van der Waals surface area contributed by atoms with Gasteiger partial charge in [-0.1, -0.05) is 47.1 Å². The molecule has 0 radical (unpaired) electrons. The third kappa shape index (κ3) is 2.48. The van der Waals surface area contributed by atoms with E-state index in [9.17, 15) is 4.39 Å². The first-order valence-corrected chi connectivity index (χ1v) is 7.30. The molecule has 2 heterocycles. The average Bonchev–Trinajstić information content (AvgIpc) is 3.04. The van der Waals surface area contributed by atoms with Crippen molar-refractivity contribution in [3.8, 4) is 0 Å². The van der Waals surface area contributed by atoms with Crippen molar-refractivity contribution in [2.24, 2.45) is 0 Å². The van der Waals surface area contributed by atoms with Crippen molar-refractivity contribution in [3.05, 3.63) is 77.1 Å². The number of tetrazole rings is 1. The van der Waals surface area contributed by atoms with Gasteiger partial charge in [0.05, 0.1) is 0 Å². The Bertz CT molecular complexity index is 865. The van der Waals surface area contributed by atoms with Crippen LogP contribution in [0.1, 0.15) is 22.7 Å². The van der Waals surface area contributed by atoms with Crippen LogP contribution in [0.5, 0.6) is 0 Å². The number of hydrogen-bond donors (Lipinski definition) is 1. The predicted octanol–water partition coefficient (Wildman–Crippen LogP) is 3.18. The molecule has 6 heteroatoms. The van der Waals surface area contributed by atoms with Gasteiger partial charge in [-0.2, -0.15) is 4.68 Å². The minimum atomic E-state index is -0.262. The molecule has 4 rings (SSSR count). The Morgan fingerprint density at radius 3 is 2.52 bits per heavy atom. The highest BCUT2D eigenvalue weighted by molar-refractivity contribution is 5.77. The number of hydrogen-bond acceptors (Lipinski definition) is 4. The summed E-state index contributed by atoms with van der Waals surface area (Å²) in [5, 5.41) is 15.0. The van der Waals surface area contributed by atoms with Crippen molar-refractivity contribution in [3.63, 3.8) is 0 Å². The summed E-state index contributed by atoms with van der Waals surface area (Å²) >= 11 is 0. The lowest BCUT2D eigenvalue weighted by Crippen LogP contribution is -2.20. The van der Waals surface area contributed by atoms with Crippen LogP contribution < -0.4 is 5.32 Å². The molecule has 0 fully saturated rings. The maximum atomic E-state index is 13.2. The van der Waals surface area contributed by atoms with E-state index in [1.807, 2.05) is 13.0 Å². The molecule has 114 valence electrons. The Labute approximate surface area is 132 Å². The molecule has 0 aliphatic carbocycles. The van der Waals surface area contributed by atoms with Crippen LogP contribution in [-0.2, 0) is 0 Å². The average molecular weight is 307 g/mol. The molecule has 2 aromatic carbocycles. The molecule has 1 aliphatic heterocycles. The fourth-order valence-electron chi connectivity index (χ4n) is 2.65. The summed E-state index contributed by atoms with van der Waals surface area (Å²) < 4.78 is 14.9. The van der Waals surface area contributed by atoms with Gasteiger partial charge in [-0.3, -0.25) is 0 Å². The van der Waals surface area contributed by atoms with Crippen LogP contribution in [-0.4, -0.2) is 20.2 Å². The van der Waals surface area contributed by atoms with Gasteiger partial charge in [0.25, 0.3) is 0 Å². The van der Waals surface area contributed by atoms with Crippen molar-refractivity contribution in [2.75, 3.05) is 5.32 Å². The zero-order chi connectivity index (χ0) is 15.8. The maximum Gasteiger partial charge on any atom is 0.248 e. The number of halogens is 1. The molecular formula is C17H14FN5. The molecule has 0 amide bonds. The largest absolute Gasteiger partial charge is 0.323 e. The Balaban J connectivity index is 1.79. The van der Waals surface area contributed by atoms with E-state index in [0.717, 1.165) is 16.8 Å². The van der Waals surface area contributed by atoms with Crippen LogP contribution in [0.2, 0.25) is 0 Å². The second-order valence-corrected chi connectivity index (χ2v) is 5.51. The summed E-state index contributed by atoms with van der Waals surface area (Å²) in [7, 11) is 0. The topological polar surface area (TPSA) is 55.6 Å². The van der Waals surface area contributed by atoms with E-state index in [1.54, 1.807) is 16.8 Å². The van der Waals surface area contributed by atoms with Crippen molar-refractivity contribution < 1.29 is 4.39 Å². The van der Waals surface area contributed by atoms with Gasteiger partial charge in [0.1, 0.15) is 11.9 Å². The summed E-state index contributed by atoms with van der Waals surface area (Å²) in [5.41, 5.74) is 4.11. The number of anilines is 1. The molecule has 0 saturated heterocycles. The van der Waals surface area contributed by atoms with Crippen LogP contribution >= 0.6 is 0 Å². The zero-order valence-electron chi connectivity index (χ0n) is 12.4. The van der Waals surface area contributed by atoms with Gasteiger partial charge >= 0.3 is 0 Å². The molecule has 5 nitrogen and oxygen atoms in total. The molecule has 1 atom stereocenters. The fourth-order valence-corrected chi connectivity index (χ4v) is 2.65. The van der Waals surface area contributed by atoms with E-state index in [0.29, 0.717) is 5.95 Å². The molecule has 1 aliphatic rings. The lowest BCUT2D eigenvalue weighted by molar-refractivity contribution is 0.582. The number of nitrogens with one attached hydrogen (secondary N) is 1. The normalized spacial score (nSPS) is 16.4. The number of fused-ring (bicyclic) bond motifs is 1. The first-order chi connectivity index (χ1) is 11.2. The summed E-state index contributed by atoms with van der Waals surface area (Å²) in [6, 6.07) is 14.4. The van der Waals surface area contributed by atoms with E-state index in [1.165, 1.54) is 17.7 Å². The summed E-state index contributed by atoms with van der Waals surface area (Å²) in [5.74, 6) is 0.305. The van der Waals surface area contributed by atoms with E-state index in [2.05, 4.69) is 45.1 Å². The minimum absolute atomic E-state index is 0.182. The minimum Gasteiger partial charge on any atom is -0.323 e. The second kappa shape index (κ2) is 5.31. The van der Waals surface area contributed by atoms with Crippen LogP contribution in [0.3, 0.4) is 0 Å². The third-order valence-electron chi connectivity index (χ3n) is 3.90. The predicted molar refractivity (Wildman–Crippen MR) is 85.1 cm³/mol. The summed E-state index contributed by atoms with van der Waals surface area (Å²) in [6.07, 6.45) is 2.04. The number of aryl methyl sites for hydroxylation is 1. The van der Waals surface area contributed by atoms with Crippen LogP contribution in [0, 0.1) is 12.7 Å². The van der Waals surface area contributed by atoms with Gasteiger partial charge in [-0.15, -0.1) is 0 Å². The Morgan fingerprint density at radius 1 is 1.04 bits per heavy atom. The smallest absolute Gasteiger partial charge is 0.248 e. The van der Waals surface area contributed by atoms with Gasteiger partial charge in [-0.25, -0.2) is 4.39 Å². The van der Waals surface area contributed by atoms with Gasteiger partial charge in [0, 0.05) is 5.70 Å². The van der Waals surface area contributed by atoms with Gasteiger partial charge in [0.15, 0.2) is 0 Å². The fraction of sp³-hybridized carbons (Fsp3) is 0.118. The van der Waals surface area contributed by atoms with Crippen molar-refractivity contribution in [1.29, 1.82) is 0 Å². The standard InChI is InChI=1S/C17H14FN5/c1-11-2-4-12(5-3-11)15-10-16(13-6-8-14(18)9-7-13)23-17(19-15)20-21-22-23/h2-10,16H,1H3,(H,19,20,22)/t16-/m0/s1. The van der Waals surface area contributed by atoms with Crippen LogP contribution in [0.25, 0.3) is 5.70 Å². The summed E-state index contributed by atoms with van der Waals surface area (Å²) in [4.78, 5) is 0. The quantitative estimate of drug-likeness (QED) is 0.790. The molecule has 1 N–H and O–H groups in total. The Morgan fingerprint density at radius 2 is 1.78 bits per heavy atom. The van der Waals surface area contributed by atoms with Crippen molar-refractivity contribution >= 4 is 11.6 Å². The lowest BCUT2D eigenvalue weighted by Gasteiger charge is -2.23. The van der Waals surface area contributed by atoms with E-state index < -0.39 is 0 Å². The highest BCUT2D eigenvalue weighted by Gasteiger charge is 2.24. The van der Waals surface area contributed by atoms with Gasteiger partial charge in [0.2, 0.25) is 5.95 Å². The number of aromatic nitrogens is 4. The van der Waals surface area contributed by atoms with E-state index in [-0.39, 0.29) is 11.9 Å². The summed E-state index contributed by atoms with van der Waals surface area (Å²) in [6.45, 7) is 2.05. The van der Waals surface area contributed by atoms with Crippen molar-refractivity contribution in [2.45, 2.75) is 13.0 Å². The molecule has 1 aromatic heterocycles. The zero-order valence-corrected chi connectivity index (χ0v) is 12.4. The highest BCUT2D eigenvalue weighted by atomic mass is 19.1. The van der Waals surface area contributed by atoms with Gasteiger partial charge < -0.3 is 5.32 Å². The van der Waals surface area contributed by atoms with Crippen molar-refractivity contribution in [1.82, 2.24) is 20.2 Å². The molecule has 3 aromatic rings. The first-order valence-electron chi connectivity index (χ1n) is 7.30. The molecule has 0 saturated carbocycles.